The molecule has 116 valence electrons. The minimum atomic E-state index is 0.386. The molecule has 0 atom stereocenters. The van der Waals surface area contributed by atoms with E-state index in [0.29, 0.717) is 6.10 Å². The average molecular weight is 271 g/mol. The van der Waals surface area contributed by atoms with Gasteiger partial charge in [0.05, 0.1) is 6.10 Å². The number of unbranched alkanes of at least 4 members (excludes halogenated alkanes) is 1. The number of nitrogens with zero attached hydrogens (tertiary/aromatic N) is 1. The van der Waals surface area contributed by atoms with Gasteiger partial charge in [-0.05, 0) is 71.0 Å². The zero-order chi connectivity index (χ0) is 14.7. The first-order valence-electron chi connectivity index (χ1n) is 8.43. The largest absolute Gasteiger partial charge is 0.379 e. The van der Waals surface area contributed by atoms with E-state index in [9.17, 15) is 0 Å². The van der Waals surface area contributed by atoms with Gasteiger partial charge in [-0.15, -0.1) is 0 Å². The normalized spacial score (nSPS) is 17.7. The Balaban J connectivity index is 0.00000154. The molecule has 0 N–H and O–H groups in total. The lowest BCUT2D eigenvalue weighted by Crippen LogP contribution is -2.35. The maximum absolute atomic E-state index is 5.56. The lowest BCUT2D eigenvalue weighted by molar-refractivity contribution is 0.0726. The van der Waals surface area contributed by atoms with Crippen LogP contribution in [0.25, 0.3) is 0 Å². The molecule has 0 aromatic heterocycles. The van der Waals surface area contributed by atoms with Crippen molar-refractivity contribution >= 4 is 0 Å². The molecule has 1 saturated heterocycles. The lowest BCUT2D eigenvalue weighted by Gasteiger charge is -2.33. The van der Waals surface area contributed by atoms with Gasteiger partial charge in [0.15, 0.2) is 0 Å². The van der Waals surface area contributed by atoms with Gasteiger partial charge in [0.2, 0.25) is 0 Å². The van der Waals surface area contributed by atoms with Crippen LogP contribution in [0.1, 0.15) is 67.2 Å². The van der Waals surface area contributed by atoms with Crippen molar-refractivity contribution in [3.63, 3.8) is 0 Å². The van der Waals surface area contributed by atoms with Crippen LogP contribution in [0.15, 0.2) is 0 Å². The molecule has 0 aromatic rings. The molecule has 2 heteroatoms. The van der Waals surface area contributed by atoms with E-state index >= 15 is 0 Å². The molecule has 0 amide bonds. The van der Waals surface area contributed by atoms with Gasteiger partial charge < -0.3 is 9.64 Å². The molecule has 1 aliphatic rings. The van der Waals surface area contributed by atoms with Crippen LogP contribution < -0.4 is 0 Å². The van der Waals surface area contributed by atoms with Gasteiger partial charge in [-0.25, -0.2) is 0 Å². The van der Waals surface area contributed by atoms with Crippen LogP contribution >= 0.6 is 0 Å². The summed E-state index contributed by atoms with van der Waals surface area (Å²) in [4.78, 5) is 2.63. The fraction of sp³-hybridized carbons (Fsp3) is 1.00. The van der Waals surface area contributed by atoms with Crippen LogP contribution in [0.2, 0.25) is 0 Å². The summed E-state index contributed by atoms with van der Waals surface area (Å²) in [6, 6.07) is 0. The minimum Gasteiger partial charge on any atom is -0.379 e. The first-order chi connectivity index (χ1) is 9.09. The summed E-state index contributed by atoms with van der Waals surface area (Å²) >= 11 is 0. The first kappa shape index (κ1) is 18.9. The number of piperidine rings is 1. The van der Waals surface area contributed by atoms with Crippen molar-refractivity contribution < 1.29 is 4.74 Å². The molecule has 1 fully saturated rings. The molecule has 0 bridgehead atoms. The number of likely N-dealkylation sites (tertiary alicyclic amines) is 1. The quantitative estimate of drug-likeness (QED) is 0.628. The maximum atomic E-state index is 5.56. The van der Waals surface area contributed by atoms with Crippen molar-refractivity contribution in [1.29, 1.82) is 0 Å². The molecule has 0 aromatic carbocycles. The standard InChI is InChI=1S/C15H31NO.C2H6/c1-13(2)15-7-10-16(11-8-15)9-5-6-12-17-14(3)4;1-2/h13-15H,5-12H2,1-4H3;1-2H3. The van der Waals surface area contributed by atoms with Gasteiger partial charge in [0.1, 0.15) is 0 Å². The average Bonchev–Trinajstić information content (AvgIpc) is 2.41. The number of hydrogen-bond acceptors (Lipinski definition) is 2. The van der Waals surface area contributed by atoms with Gasteiger partial charge in [0.25, 0.3) is 0 Å². The Labute approximate surface area is 121 Å². The zero-order valence-corrected chi connectivity index (χ0v) is 14.2. The molecule has 0 aliphatic carbocycles. The summed E-state index contributed by atoms with van der Waals surface area (Å²) in [5.41, 5.74) is 0. The van der Waals surface area contributed by atoms with Crippen LogP contribution in [-0.4, -0.2) is 37.2 Å². The molecule has 0 saturated carbocycles. The molecule has 1 heterocycles. The van der Waals surface area contributed by atoms with Crippen molar-refractivity contribution in [2.24, 2.45) is 11.8 Å². The van der Waals surface area contributed by atoms with Crippen LogP contribution in [0.3, 0.4) is 0 Å². The van der Waals surface area contributed by atoms with Crippen LogP contribution in [0.5, 0.6) is 0 Å². The highest BCUT2D eigenvalue weighted by molar-refractivity contribution is 4.74. The van der Waals surface area contributed by atoms with Gasteiger partial charge in [0, 0.05) is 6.61 Å². The molecule has 1 rings (SSSR count). The first-order valence-corrected chi connectivity index (χ1v) is 8.43. The monoisotopic (exact) mass is 271 g/mol. The molecule has 19 heavy (non-hydrogen) atoms. The molecule has 0 radical (unpaired) electrons. The fourth-order valence-corrected chi connectivity index (χ4v) is 2.60. The SMILES string of the molecule is CC.CC(C)OCCCCN1CCC(C(C)C)CC1. The lowest BCUT2D eigenvalue weighted by atomic mass is 9.87. The third kappa shape index (κ3) is 9.45. The summed E-state index contributed by atoms with van der Waals surface area (Å²) in [7, 11) is 0. The second-order valence-corrected chi connectivity index (χ2v) is 6.05. The Morgan fingerprint density at radius 3 is 2.05 bits per heavy atom. The van der Waals surface area contributed by atoms with Crippen LogP contribution in [0, 0.1) is 11.8 Å². The van der Waals surface area contributed by atoms with E-state index in [2.05, 4.69) is 32.6 Å². The Hall–Kier alpha value is -0.0800. The minimum absolute atomic E-state index is 0.386. The van der Waals surface area contributed by atoms with E-state index in [1.54, 1.807) is 0 Å². The predicted octanol–water partition coefficient (Wildman–Crippen LogP) is 4.59. The third-order valence-electron chi connectivity index (χ3n) is 3.89. The van der Waals surface area contributed by atoms with E-state index in [4.69, 9.17) is 4.74 Å². The third-order valence-corrected chi connectivity index (χ3v) is 3.89. The Bertz CT molecular complexity index is 184. The number of ether oxygens (including phenoxy) is 1. The molecular weight excluding hydrogens is 234 g/mol. The van der Waals surface area contributed by atoms with E-state index < -0.39 is 0 Å². The molecular formula is C17H37NO. The van der Waals surface area contributed by atoms with E-state index in [1.165, 1.54) is 45.3 Å². The Kier molecular flexibility index (Phi) is 11.7. The van der Waals surface area contributed by atoms with Crippen molar-refractivity contribution in [2.45, 2.75) is 73.3 Å². The predicted molar refractivity (Wildman–Crippen MR) is 85.7 cm³/mol. The van der Waals surface area contributed by atoms with Gasteiger partial charge in [-0.3, -0.25) is 0 Å². The van der Waals surface area contributed by atoms with Gasteiger partial charge in [-0.2, -0.15) is 0 Å². The highest BCUT2D eigenvalue weighted by atomic mass is 16.5. The Morgan fingerprint density at radius 1 is 1.00 bits per heavy atom. The summed E-state index contributed by atoms with van der Waals surface area (Å²) in [6.45, 7) is 17.8. The fourth-order valence-electron chi connectivity index (χ4n) is 2.60. The van der Waals surface area contributed by atoms with Crippen LogP contribution in [0.4, 0.5) is 0 Å². The molecule has 2 nitrogen and oxygen atoms in total. The summed E-state index contributed by atoms with van der Waals surface area (Å²) in [5.74, 6) is 1.84. The smallest absolute Gasteiger partial charge is 0.0518 e. The van der Waals surface area contributed by atoms with Crippen LogP contribution in [-0.2, 0) is 4.74 Å². The zero-order valence-electron chi connectivity index (χ0n) is 14.2. The highest BCUT2D eigenvalue weighted by Crippen LogP contribution is 2.24. The van der Waals surface area contributed by atoms with Gasteiger partial charge >= 0.3 is 0 Å². The highest BCUT2D eigenvalue weighted by Gasteiger charge is 2.20. The van der Waals surface area contributed by atoms with Crippen molar-refractivity contribution in [1.82, 2.24) is 4.90 Å². The summed E-state index contributed by atoms with van der Waals surface area (Å²) < 4.78 is 5.56. The summed E-state index contributed by atoms with van der Waals surface area (Å²) in [5, 5.41) is 0. The number of rotatable bonds is 7. The summed E-state index contributed by atoms with van der Waals surface area (Å²) in [6.07, 6.45) is 5.69. The second-order valence-electron chi connectivity index (χ2n) is 6.05. The Morgan fingerprint density at radius 2 is 1.58 bits per heavy atom. The molecule has 0 spiro atoms. The second kappa shape index (κ2) is 11.7. The van der Waals surface area contributed by atoms with Gasteiger partial charge in [-0.1, -0.05) is 27.7 Å². The maximum Gasteiger partial charge on any atom is 0.0518 e. The van der Waals surface area contributed by atoms with Crippen molar-refractivity contribution in [3.05, 3.63) is 0 Å². The number of hydrogen-bond donors (Lipinski definition) is 0. The van der Waals surface area contributed by atoms with E-state index in [-0.39, 0.29) is 0 Å². The van der Waals surface area contributed by atoms with Crippen molar-refractivity contribution in [3.8, 4) is 0 Å². The van der Waals surface area contributed by atoms with Crippen molar-refractivity contribution in [2.75, 3.05) is 26.2 Å². The molecule has 1 aliphatic heterocycles. The topological polar surface area (TPSA) is 12.5 Å². The van der Waals surface area contributed by atoms with E-state index in [1.807, 2.05) is 13.8 Å². The van der Waals surface area contributed by atoms with E-state index in [0.717, 1.165) is 18.4 Å². The molecule has 0 unspecified atom stereocenters.